The van der Waals surface area contributed by atoms with Gasteiger partial charge < -0.3 is 0 Å². The van der Waals surface area contributed by atoms with Crippen molar-refractivity contribution in [3.05, 3.63) is 69.3 Å². The van der Waals surface area contributed by atoms with Crippen molar-refractivity contribution >= 4 is 17.3 Å². The molecule has 0 N–H and O–H groups in total. The van der Waals surface area contributed by atoms with E-state index in [1.165, 1.54) is 24.3 Å². The average Bonchev–Trinajstić information content (AvgIpc) is 2.46. The van der Waals surface area contributed by atoms with Gasteiger partial charge in [0, 0.05) is 17.7 Å². The molecule has 0 unspecified atom stereocenters. The van der Waals surface area contributed by atoms with E-state index < -0.39 is 10.8 Å². The van der Waals surface area contributed by atoms with E-state index in [2.05, 4.69) is 10.2 Å². The minimum atomic E-state index is -0.535. The zero-order chi connectivity index (χ0) is 15.4. The van der Waals surface area contributed by atoms with E-state index in [1.54, 1.807) is 0 Å². The van der Waals surface area contributed by atoms with Crippen LogP contribution >= 0.6 is 0 Å². The van der Waals surface area contributed by atoms with Crippen LogP contribution in [0.2, 0.25) is 0 Å². The van der Waals surface area contributed by atoms with Crippen molar-refractivity contribution in [2.75, 3.05) is 0 Å². The molecule has 6 nitrogen and oxygen atoms in total. The second-order valence-electron chi connectivity index (χ2n) is 4.55. The van der Waals surface area contributed by atoms with Crippen molar-refractivity contribution in [3.8, 4) is 0 Å². The molecule has 6 heteroatoms. The van der Waals surface area contributed by atoms with Crippen LogP contribution < -0.4 is 0 Å². The first-order chi connectivity index (χ1) is 9.99. The summed E-state index contributed by atoms with van der Waals surface area (Å²) in [5.74, 6) is -0.535. The number of benzene rings is 2. The topological polar surface area (TPSA) is 84.9 Å². The third kappa shape index (κ3) is 3.36. The molecule has 0 spiro atoms. The summed E-state index contributed by atoms with van der Waals surface area (Å²) in [6, 6.07) is 10.9. The lowest BCUT2D eigenvalue weighted by atomic mass is 10.1. The number of rotatable bonds is 3. The van der Waals surface area contributed by atoms with Gasteiger partial charge in [0.1, 0.15) is 0 Å². The van der Waals surface area contributed by atoms with Crippen LogP contribution in [0, 0.1) is 24.0 Å². The van der Waals surface area contributed by atoms with Crippen LogP contribution in [0.5, 0.6) is 0 Å². The first kappa shape index (κ1) is 14.5. The highest BCUT2D eigenvalue weighted by molar-refractivity contribution is 5.94. The molecule has 0 bridgehead atoms. The Morgan fingerprint density at radius 1 is 1.05 bits per heavy atom. The molecular formula is C15H13N3O3. The second-order valence-corrected chi connectivity index (χ2v) is 4.55. The molecule has 2 aromatic rings. The Morgan fingerprint density at radius 2 is 1.62 bits per heavy atom. The number of nitro benzene ring substituents is 1. The van der Waals surface area contributed by atoms with E-state index in [4.69, 9.17) is 0 Å². The van der Waals surface area contributed by atoms with Gasteiger partial charge in [-0.15, -0.1) is 10.2 Å². The van der Waals surface area contributed by atoms with E-state index in [0.717, 1.165) is 11.1 Å². The second kappa shape index (κ2) is 6.04. The molecular weight excluding hydrogens is 270 g/mol. The molecule has 106 valence electrons. The molecule has 0 aliphatic carbocycles. The Kier molecular flexibility index (Phi) is 4.18. The molecule has 0 aromatic heterocycles. The maximum Gasteiger partial charge on any atom is 0.295 e. The number of nitro groups is 1. The molecule has 0 atom stereocenters. The number of non-ortho nitro benzene ring substituents is 1. The summed E-state index contributed by atoms with van der Waals surface area (Å²) in [4.78, 5) is 21.9. The smallest absolute Gasteiger partial charge is 0.265 e. The van der Waals surface area contributed by atoms with E-state index in [1.807, 2.05) is 32.0 Å². The summed E-state index contributed by atoms with van der Waals surface area (Å²) in [6.45, 7) is 3.77. The monoisotopic (exact) mass is 283 g/mol. The number of nitrogens with zero attached hydrogens (tertiary/aromatic N) is 3. The lowest BCUT2D eigenvalue weighted by molar-refractivity contribution is -0.384. The van der Waals surface area contributed by atoms with E-state index in [0.29, 0.717) is 5.69 Å². The SMILES string of the molecule is Cc1cccc(C)c1N=NC(=O)c1ccc([N+](=O)[O-])cc1. The maximum atomic E-state index is 11.9. The van der Waals surface area contributed by atoms with Crippen LogP contribution in [0.25, 0.3) is 0 Å². The Balaban J connectivity index is 2.21. The number of carbonyl (C=O) groups excluding carboxylic acids is 1. The predicted octanol–water partition coefficient (Wildman–Crippen LogP) is 4.14. The third-order valence-electron chi connectivity index (χ3n) is 3.01. The fourth-order valence-electron chi connectivity index (χ4n) is 1.84. The van der Waals surface area contributed by atoms with E-state index in [9.17, 15) is 14.9 Å². The van der Waals surface area contributed by atoms with Crippen molar-refractivity contribution in [3.63, 3.8) is 0 Å². The zero-order valence-corrected chi connectivity index (χ0v) is 11.6. The number of carbonyl (C=O) groups is 1. The largest absolute Gasteiger partial charge is 0.295 e. The van der Waals surface area contributed by atoms with Crippen LogP contribution in [-0.4, -0.2) is 10.8 Å². The standard InChI is InChI=1S/C15H13N3O3/c1-10-4-3-5-11(2)14(10)16-17-15(19)12-6-8-13(9-7-12)18(20)21/h3-9H,1-2H3. The Bertz CT molecular complexity index is 701. The summed E-state index contributed by atoms with van der Waals surface area (Å²) in [5, 5.41) is 18.2. The molecule has 2 rings (SSSR count). The summed E-state index contributed by atoms with van der Waals surface area (Å²) in [6.07, 6.45) is 0. The summed E-state index contributed by atoms with van der Waals surface area (Å²) >= 11 is 0. The molecule has 21 heavy (non-hydrogen) atoms. The van der Waals surface area contributed by atoms with Gasteiger partial charge in [-0.2, -0.15) is 0 Å². The van der Waals surface area contributed by atoms with E-state index >= 15 is 0 Å². The highest BCUT2D eigenvalue weighted by atomic mass is 16.6. The molecule has 0 fully saturated rings. The minimum absolute atomic E-state index is 0.0711. The summed E-state index contributed by atoms with van der Waals surface area (Å²) < 4.78 is 0. The van der Waals surface area contributed by atoms with Gasteiger partial charge in [-0.1, -0.05) is 18.2 Å². The van der Waals surface area contributed by atoms with Crippen LogP contribution in [0.1, 0.15) is 21.5 Å². The van der Waals surface area contributed by atoms with Crippen LogP contribution in [0.15, 0.2) is 52.7 Å². The highest BCUT2D eigenvalue weighted by Gasteiger charge is 2.09. The van der Waals surface area contributed by atoms with Crippen molar-refractivity contribution in [1.29, 1.82) is 0 Å². The van der Waals surface area contributed by atoms with Gasteiger partial charge in [0.15, 0.2) is 0 Å². The molecule has 0 saturated carbocycles. The first-order valence-electron chi connectivity index (χ1n) is 6.26. The van der Waals surface area contributed by atoms with Crippen molar-refractivity contribution in [1.82, 2.24) is 0 Å². The fraction of sp³-hybridized carbons (Fsp3) is 0.133. The van der Waals surface area contributed by atoms with Gasteiger partial charge in [-0.25, -0.2) is 0 Å². The third-order valence-corrected chi connectivity index (χ3v) is 3.01. The van der Waals surface area contributed by atoms with Gasteiger partial charge >= 0.3 is 0 Å². The normalized spacial score (nSPS) is 10.8. The van der Waals surface area contributed by atoms with Crippen LogP contribution in [-0.2, 0) is 0 Å². The lowest BCUT2D eigenvalue weighted by Crippen LogP contribution is -1.95. The maximum absolute atomic E-state index is 11.9. The molecule has 0 aliphatic heterocycles. The van der Waals surface area contributed by atoms with Crippen LogP contribution in [0.4, 0.5) is 11.4 Å². The van der Waals surface area contributed by atoms with Crippen molar-refractivity contribution in [2.24, 2.45) is 10.2 Å². The Morgan fingerprint density at radius 3 is 2.14 bits per heavy atom. The minimum Gasteiger partial charge on any atom is -0.265 e. The van der Waals surface area contributed by atoms with Crippen molar-refractivity contribution in [2.45, 2.75) is 13.8 Å². The Labute approximate surface area is 121 Å². The lowest BCUT2D eigenvalue weighted by Gasteiger charge is -2.01. The van der Waals surface area contributed by atoms with E-state index in [-0.39, 0.29) is 11.3 Å². The molecule has 0 heterocycles. The molecule has 0 aliphatic rings. The predicted molar refractivity (Wildman–Crippen MR) is 77.9 cm³/mol. The number of hydrogen-bond donors (Lipinski definition) is 0. The first-order valence-corrected chi connectivity index (χ1v) is 6.26. The summed E-state index contributed by atoms with van der Waals surface area (Å²) in [5.41, 5.74) is 2.70. The quantitative estimate of drug-likeness (QED) is 0.482. The molecule has 2 aromatic carbocycles. The number of amides is 1. The van der Waals surface area contributed by atoms with Crippen LogP contribution in [0.3, 0.4) is 0 Å². The van der Waals surface area contributed by atoms with Gasteiger partial charge in [0.2, 0.25) is 0 Å². The number of aryl methyl sites for hydroxylation is 2. The molecule has 1 amide bonds. The van der Waals surface area contributed by atoms with Gasteiger partial charge in [-0.3, -0.25) is 14.9 Å². The number of hydrogen-bond acceptors (Lipinski definition) is 4. The van der Waals surface area contributed by atoms with Gasteiger partial charge in [0.25, 0.3) is 11.6 Å². The van der Waals surface area contributed by atoms with Crippen molar-refractivity contribution < 1.29 is 9.72 Å². The average molecular weight is 283 g/mol. The Hall–Kier alpha value is -2.89. The van der Waals surface area contributed by atoms with Gasteiger partial charge in [0.05, 0.1) is 10.6 Å². The number of azo groups is 1. The highest BCUT2D eigenvalue weighted by Crippen LogP contribution is 2.23. The van der Waals surface area contributed by atoms with Gasteiger partial charge in [-0.05, 0) is 37.1 Å². The molecule has 0 saturated heterocycles. The zero-order valence-electron chi connectivity index (χ0n) is 11.6. The fourth-order valence-corrected chi connectivity index (χ4v) is 1.84. The summed E-state index contributed by atoms with van der Waals surface area (Å²) in [7, 11) is 0. The molecule has 0 radical (unpaired) electrons.